The molecule has 3 amide bonds. The van der Waals surface area contributed by atoms with Crippen LogP contribution in [0.4, 0.5) is 5.13 Å². The summed E-state index contributed by atoms with van der Waals surface area (Å²) in [6, 6.07) is 5.54. The van der Waals surface area contributed by atoms with E-state index < -0.39 is 5.91 Å². The van der Waals surface area contributed by atoms with E-state index in [1.165, 1.54) is 11.3 Å². The number of carbonyl (C=O) groups excluding carboxylic acids is 3. The number of thiazole rings is 1. The molecule has 4 rings (SSSR count). The first-order valence-corrected chi connectivity index (χ1v) is 8.97. The molecule has 9 heteroatoms. The third-order valence-electron chi connectivity index (χ3n) is 4.05. The highest BCUT2D eigenvalue weighted by atomic mass is 32.1. The van der Waals surface area contributed by atoms with E-state index in [0.29, 0.717) is 35.5 Å². The number of ether oxygens (including phenoxy) is 2. The largest absolute Gasteiger partial charge is 0.486 e. The Kier molecular flexibility index (Phi) is 4.29. The molecule has 0 bridgehead atoms. The molecule has 8 nitrogen and oxygen atoms in total. The number of hydrogen-bond donors (Lipinski definition) is 1. The number of hydrogen-bond acceptors (Lipinski definition) is 7. The summed E-state index contributed by atoms with van der Waals surface area (Å²) >= 11 is 1.27. The highest BCUT2D eigenvalue weighted by Crippen LogP contribution is 2.35. The molecule has 3 heterocycles. The summed E-state index contributed by atoms with van der Waals surface area (Å²) in [6.45, 7) is 0.751. The third kappa shape index (κ3) is 3.25. The molecule has 0 atom stereocenters. The van der Waals surface area contributed by atoms with Crippen molar-refractivity contribution in [3.63, 3.8) is 0 Å². The lowest BCUT2D eigenvalue weighted by atomic mass is 10.1. The normalized spacial score (nSPS) is 16.1. The zero-order valence-electron chi connectivity index (χ0n) is 13.7. The zero-order chi connectivity index (χ0) is 18.1. The number of likely N-dealkylation sites (tertiary alicyclic amines) is 1. The lowest BCUT2D eigenvalue weighted by molar-refractivity contribution is -0.141. The van der Waals surface area contributed by atoms with Crippen molar-refractivity contribution in [3.05, 3.63) is 23.6 Å². The van der Waals surface area contributed by atoms with E-state index in [9.17, 15) is 14.4 Å². The Morgan fingerprint density at radius 3 is 2.65 bits per heavy atom. The molecule has 0 aliphatic carbocycles. The van der Waals surface area contributed by atoms with Gasteiger partial charge in [-0.1, -0.05) is 0 Å². The Labute approximate surface area is 152 Å². The number of imide groups is 1. The van der Waals surface area contributed by atoms with Crippen molar-refractivity contribution in [2.45, 2.75) is 12.8 Å². The van der Waals surface area contributed by atoms with E-state index in [0.717, 1.165) is 10.5 Å². The SMILES string of the molecule is O=C(CN1C(=O)CCC1=O)Nc1nc(-c2ccc3c(c2)OCCO3)cs1. The third-order valence-corrected chi connectivity index (χ3v) is 4.80. The number of benzene rings is 1. The molecule has 2 aliphatic rings. The second kappa shape index (κ2) is 6.75. The van der Waals surface area contributed by atoms with Crippen molar-refractivity contribution in [1.82, 2.24) is 9.88 Å². The molecule has 1 saturated heterocycles. The number of rotatable bonds is 4. The van der Waals surface area contributed by atoms with Gasteiger partial charge in [0.2, 0.25) is 17.7 Å². The number of carbonyl (C=O) groups is 3. The first-order valence-electron chi connectivity index (χ1n) is 8.09. The van der Waals surface area contributed by atoms with Crippen LogP contribution in [0.2, 0.25) is 0 Å². The molecule has 1 fully saturated rings. The molecule has 1 N–H and O–H groups in total. The van der Waals surface area contributed by atoms with Gasteiger partial charge in [-0.15, -0.1) is 11.3 Å². The molecule has 1 aromatic carbocycles. The molecule has 0 spiro atoms. The molecular weight excluding hydrogens is 358 g/mol. The van der Waals surface area contributed by atoms with Crippen LogP contribution in [0, 0.1) is 0 Å². The standard InChI is InChI=1S/C17H15N3O5S/c21-14(8-20-15(22)3-4-16(20)23)19-17-18-11(9-26-17)10-1-2-12-13(7-10)25-6-5-24-12/h1-2,7,9H,3-6,8H2,(H,18,19,21). The van der Waals surface area contributed by atoms with E-state index >= 15 is 0 Å². The fraction of sp³-hybridized carbons (Fsp3) is 0.294. The van der Waals surface area contributed by atoms with Crippen LogP contribution in [0.5, 0.6) is 11.5 Å². The van der Waals surface area contributed by atoms with Crippen LogP contribution in [-0.2, 0) is 14.4 Å². The van der Waals surface area contributed by atoms with E-state index in [1.54, 1.807) is 0 Å². The number of fused-ring (bicyclic) bond motifs is 1. The minimum atomic E-state index is -0.448. The minimum Gasteiger partial charge on any atom is -0.486 e. The highest BCUT2D eigenvalue weighted by Gasteiger charge is 2.30. The van der Waals surface area contributed by atoms with Crippen LogP contribution < -0.4 is 14.8 Å². The number of aromatic nitrogens is 1. The Hall–Kier alpha value is -2.94. The van der Waals surface area contributed by atoms with Gasteiger partial charge in [-0.2, -0.15) is 0 Å². The van der Waals surface area contributed by atoms with Crippen LogP contribution >= 0.6 is 11.3 Å². The van der Waals surface area contributed by atoms with Gasteiger partial charge in [0, 0.05) is 23.8 Å². The molecule has 1 aromatic heterocycles. The van der Waals surface area contributed by atoms with E-state index in [2.05, 4.69) is 10.3 Å². The van der Waals surface area contributed by atoms with Gasteiger partial charge in [0.25, 0.3) is 0 Å². The average molecular weight is 373 g/mol. The Bertz CT molecular complexity index is 878. The smallest absolute Gasteiger partial charge is 0.246 e. The van der Waals surface area contributed by atoms with Gasteiger partial charge in [-0.05, 0) is 18.2 Å². The maximum Gasteiger partial charge on any atom is 0.246 e. The molecule has 0 saturated carbocycles. The van der Waals surface area contributed by atoms with Crippen LogP contribution in [0.1, 0.15) is 12.8 Å². The van der Waals surface area contributed by atoms with Gasteiger partial charge < -0.3 is 14.8 Å². The van der Waals surface area contributed by atoms with Crippen LogP contribution in [0.15, 0.2) is 23.6 Å². The summed E-state index contributed by atoms with van der Waals surface area (Å²) in [5.74, 6) is 0.279. The fourth-order valence-corrected chi connectivity index (χ4v) is 3.50. The quantitative estimate of drug-likeness (QED) is 0.819. The van der Waals surface area contributed by atoms with Gasteiger partial charge in [0.15, 0.2) is 16.6 Å². The summed E-state index contributed by atoms with van der Waals surface area (Å²) in [5.41, 5.74) is 1.53. The zero-order valence-corrected chi connectivity index (χ0v) is 14.5. The second-order valence-electron chi connectivity index (χ2n) is 5.82. The van der Waals surface area contributed by atoms with Gasteiger partial charge in [0.05, 0.1) is 5.69 Å². The van der Waals surface area contributed by atoms with Crippen LogP contribution in [0.25, 0.3) is 11.3 Å². The summed E-state index contributed by atoms with van der Waals surface area (Å²) in [5, 5.41) is 4.84. The summed E-state index contributed by atoms with van der Waals surface area (Å²) in [6.07, 6.45) is 0.329. The first-order chi connectivity index (χ1) is 12.6. The van der Waals surface area contributed by atoms with Crippen LogP contribution in [-0.4, -0.2) is 47.4 Å². The number of amides is 3. The lowest BCUT2D eigenvalue weighted by Gasteiger charge is -2.18. The van der Waals surface area contributed by atoms with Crippen molar-refractivity contribution in [3.8, 4) is 22.8 Å². The lowest BCUT2D eigenvalue weighted by Crippen LogP contribution is -2.36. The monoisotopic (exact) mass is 373 g/mol. The van der Waals surface area contributed by atoms with Crippen molar-refractivity contribution in [2.24, 2.45) is 0 Å². The Balaban J connectivity index is 1.44. The molecule has 0 unspecified atom stereocenters. The van der Waals surface area contributed by atoms with Gasteiger partial charge in [0.1, 0.15) is 19.8 Å². The molecule has 134 valence electrons. The summed E-state index contributed by atoms with van der Waals surface area (Å²) in [7, 11) is 0. The molecule has 0 radical (unpaired) electrons. The van der Waals surface area contributed by atoms with Crippen molar-refractivity contribution in [2.75, 3.05) is 25.1 Å². The number of nitrogens with zero attached hydrogens (tertiary/aromatic N) is 2. The Morgan fingerprint density at radius 1 is 1.15 bits per heavy atom. The van der Waals surface area contributed by atoms with E-state index in [4.69, 9.17) is 9.47 Å². The molecule has 26 heavy (non-hydrogen) atoms. The topological polar surface area (TPSA) is 97.8 Å². The van der Waals surface area contributed by atoms with Gasteiger partial charge >= 0.3 is 0 Å². The molecule has 2 aromatic rings. The highest BCUT2D eigenvalue weighted by molar-refractivity contribution is 7.14. The summed E-state index contributed by atoms with van der Waals surface area (Å²) < 4.78 is 11.1. The minimum absolute atomic E-state index is 0.164. The second-order valence-corrected chi connectivity index (χ2v) is 6.68. The predicted molar refractivity (Wildman–Crippen MR) is 93.1 cm³/mol. The molecule has 2 aliphatic heterocycles. The average Bonchev–Trinajstić information content (AvgIpc) is 3.23. The predicted octanol–water partition coefficient (Wildman–Crippen LogP) is 1.67. The van der Waals surface area contributed by atoms with Gasteiger partial charge in [-0.25, -0.2) is 4.98 Å². The fourth-order valence-electron chi connectivity index (χ4n) is 2.77. The van der Waals surface area contributed by atoms with Crippen molar-refractivity contribution >= 4 is 34.2 Å². The number of anilines is 1. The van der Waals surface area contributed by atoms with Crippen LogP contribution in [0.3, 0.4) is 0 Å². The van der Waals surface area contributed by atoms with E-state index in [-0.39, 0.29) is 31.2 Å². The Morgan fingerprint density at radius 2 is 1.88 bits per heavy atom. The van der Waals surface area contributed by atoms with Crippen molar-refractivity contribution < 1.29 is 23.9 Å². The first kappa shape index (κ1) is 16.5. The summed E-state index contributed by atoms with van der Waals surface area (Å²) in [4.78, 5) is 40.6. The maximum atomic E-state index is 12.1. The number of nitrogens with one attached hydrogen (secondary N) is 1. The molecular formula is C17H15N3O5S. The van der Waals surface area contributed by atoms with E-state index in [1.807, 2.05) is 23.6 Å². The van der Waals surface area contributed by atoms with Gasteiger partial charge in [-0.3, -0.25) is 19.3 Å². The van der Waals surface area contributed by atoms with Crippen molar-refractivity contribution in [1.29, 1.82) is 0 Å². The maximum absolute atomic E-state index is 12.1.